The lowest BCUT2D eigenvalue weighted by molar-refractivity contribution is -0.129. The van der Waals surface area contributed by atoms with Crippen LogP contribution in [-0.4, -0.2) is 11.8 Å². The predicted molar refractivity (Wildman–Crippen MR) is 43.8 cm³/mol. The van der Waals surface area contributed by atoms with Gasteiger partial charge in [-0.15, -0.1) is 0 Å². The highest BCUT2D eigenvalue weighted by molar-refractivity contribution is 5.84. The third kappa shape index (κ3) is 1.96. The first-order valence-electron chi connectivity index (χ1n) is 4.00. The lowest BCUT2D eigenvalue weighted by atomic mass is 10.1. The van der Waals surface area contributed by atoms with Gasteiger partial charge in [0, 0.05) is 12.8 Å². The second kappa shape index (κ2) is 2.77. The minimum atomic E-state index is -0.248. The highest BCUT2D eigenvalue weighted by atomic mass is 16.2. The smallest absolute Gasteiger partial charge is 0.242 e. The summed E-state index contributed by atoms with van der Waals surface area (Å²) in [5.74, 6) is -0.277. The number of amides is 2. The molecule has 4 nitrogen and oxygen atoms in total. The number of rotatable bonds is 1. The van der Waals surface area contributed by atoms with Crippen LogP contribution in [0.15, 0.2) is 0 Å². The Labute approximate surface area is 71.7 Å². The van der Waals surface area contributed by atoms with Gasteiger partial charge in [-0.05, 0) is 11.8 Å². The molecule has 4 heteroatoms. The molecule has 0 aliphatic heterocycles. The zero-order valence-corrected chi connectivity index (χ0v) is 7.60. The van der Waals surface area contributed by atoms with E-state index in [1.165, 1.54) is 6.92 Å². The molecule has 0 unspecified atom stereocenters. The van der Waals surface area contributed by atoms with Gasteiger partial charge in [-0.2, -0.15) is 0 Å². The lowest BCUT2D eigenvalue weighted by Crippen LogP contribution is -2.41. The van der Waals surface area contributed by atoms with Crippen molar-refractivity contribution < 1.29 is 9.59 Å². The standard InChI is InChI=1S/C8H14N2O2/c1-5(11)9-10-7(12)6-4-8(6,2)3/h6H,4H2,1-3H3,(H,9,11)(H,10,12)/t6-/m1/s1. The Morgan fingerprint density at radius 2 is 1.83 bits per heavy atom. The maximum atomic E-state index is 11.2. The Kier molecular flexibility index (Phi) is 2.08. The summed E-state index contributed by atoms with van der Waals surface area (Å²) >= 11 is 0. The van der Waals surface area contributed by atoms with E-state index in [-0.39, 0.29) is 23.1 Å². The van der Waals surface area contributed by atoms with Gasteiger partial charge in [0.05, 0.1) is 0 Å². The van der Waals surface area contributed by atoms with Gasteiger partial charge in [-0.3, -0.25) is 20.4 Å². The third-order valence-electron chi connectivity index (χ3n) is 2.19. The first-order valence-corrected chi connectivity index (χ1v) is 4.00. The molecule has 1 atom stereocenters. The quantitative estimate of drug-likeness (QED) is 0.552. The van der Waals surface area contributed by atoms with Gasteiger partial charge < -0.3 is 0 Å². The topological polar surface area (TPSA) is 58.2 Å². The molecule has 1 saturated carbocycles. The molecule has 0 aromatic carbocycles. The summed E-state index contributed by atoms with van der Waals surface area (Å²) in [5, 5.41) is 0. The summed E-state index contributed by atoms with van der Waals surface area (Å²) in [6.07, 6.45) is 0.901. The first kappa shape index (κ1) is 9.03. The van der Waals surface area contributed by atoms with Crippen LogP contribution in [0.25, 0.3) is 0 Å². The predicted octanol–water partition coefficient (Wildman–Crippen LogP) is 0.200. The molecule has 0 aromatic rings. The molecule has 0 spiro atoms. The fraction of sp³-hybridized carbons (Fsp3) is 0.750. The Hall–Kier alpha value is -1.06. The highest BCUT2D eigenvalue weighted by Gasteiger charge is 2.50. The second-order valence-corrected chi connectivity index (χ2v) is 3.92. The van der Waals surface area contributed by atoms with Crippen LogP contribution in [0.3, 0.4) is 0 Å². The van der Waals surface area contributed by atoms with Gasteiger partial charge in [0.1, 0.15) is 0 Å². The maximum absolute atomic E-state index is 11.2. The molecule has 2 N–H and O–H groups in total. The van der Waals surface area contributed by atoms with Crippen LogP contribution in [0.4, 0.5) is 0 Å². The maximum Gasteiger partial charge on any atom is 0.242 e. The third-order valence-corrected chi connectivity index (χ3v) is 2.19. The summed E-state index contributed by atoms with van der Waals surface area (Å²) in [5.41, 5.74) is 4.74. The second-order valence-electron chi connectivity index (χ2n) is 3.92. The van der Waals surface area contributed by atoms with Crippen molar-refractivity contribution in [3.63, 3.8) is 0 Å². The molecule has 1 fully saturated rings. The SMILES string of the molecule is CC(=O)NNC(=O)[C@H]1CC1(C)C. The van der Waals surface area contributed by atoms with Crippen LogP contribution >= 0.6 is 0 Å². The molecule has 1 rings (SSSR count). The van der Waals surface area contributed by atoms with Gasteiger partial charge in [0.15, 0.2) is 0 Å². The number of hydrazine groups is 1. The van der Waals surface area contributed by atoms with E-state index in [9.17, 15) is 9.59 Å². The number of hydrogen-bond acceptors (Lipinski definition) is 2. The van der Waals surface area contributed by atoms with E-state index in [4.69, 9.17) is 0 Å². The summed E-state index contributed by atoms with van der Waals surface area (Å²) in [6, 6.07) is 0. The largest absolute Gasteiger partial charge is 0.274 e. The Bertz CT molecular complexity index is 223. The van der Waals surface area contributed by atoms with Crippen LogP contribution in [0.5, 0.6) is 0 Å². The van der Waals surface area contributed by atoms with E-state index in [0.717, 1.165) is 6.42 Å². The number of hydrogen-bond donors (Lipinski definition) is 2. The minimum absolute atomic E-state index is 0.0596. The number of nitrogens with one attached hydrogen (secondary N) is 2. The molecule has 2 amide bonds. The van der Waals surface area contributed by atoms with E-state index < -0.39 is 0 Å². The Morgan fingerprint density at radius 3 is 2.17 bits per heavy atom. The molecule has 0 radical (unpaired) electrons. The number of carbonyl (C=O) groups excluding carboxylic acids is 2. The van der Waals surface area contributed by atoms with Crippen molar-refractivity contribution in [3.8, 4) is 0 Å². The minimum Gasteiger partial charge on any atom is -0.274 e. The Morgan fingerprint density at radius 1 is 1.33 bits per heavy atom. The van der Waals surface area contributed by atoms with Crippen LogP contribution in [0.1, 0.15) is 27.2 Å². The molecule has 0 aromatic heterocycles. The summed E-state index contributed by atoms with van der Waals surface area (Å²) in [4.78, 5) is 21.6. The molecule has 0 bridgehead atoms. The van der Waals surface area contributed by atoms with Crippen LogP contribution < -0.4 is 10.9 Å². The van der Waals surface area contributed by atoms with Crippen molar-refractivity contribution in [3.05, 3.63) is 0 Å². The van der Waals surface area contributed by atoms with Gasteiger partial charge in [-0.1, -0.05) is 13.8 Å². The first-order chi connectivity index (χ1) is 5.43. The molecular weight excluding hydrogens is 156 g/mol. The van der Waals surface area contributed by atoms with Crippen molar-refractivity contribution >= 4 is 11.8 Å². The average Bonchev–Trinajstić information content (AvgIpc) is 2.55. The van der Waals surface area contributed by atoms with Gasteiger partial charge in [-0.25, -0.2) is 0 Å². The van der Waals surface area contributed by atoms with Crippen molar-refractivity contribution in [1.29, 1.82) is 0 Å². The molecule has 12 heavy (non-hydrogen) atoms. The summed E-state index contributed by atoms with van der Waals surface area (Å²) < 4.78 is 0. The summed E-state index contributed by atoms with van der Waals surface area (Å²) in [7, 11) is 0. The monoisotopic (exact) mass is 170 g/mol. The van der Waals surface area contributed by atoms with Gasteiger partial charge >= 0.3 is 0 Å². The molecule has 68 valence electrons. The molecular formula is C8H14N2O2. The summed E-state index contributed by atoms with van der Waals surface area (Å²) in [6.45, 7) is 5.42. The van der Waals surface area contributed by atoms with Crippen molar-refractivity contribution in [2.75, 3.05) is 0 Å². The normalized spacial score (nSPS) is 24.4. The van der Waals surface area contributed by atoms with Gasteiger partial charge in [0.2, 0.25) is 11.8 Å². The zero-order chi connectivity index (χ0) is 9.35. The van der Waals surface area contributed by atoms with E-state index in [0.29, 0.717) is 0 Å². The van der Waals surface area contributed by atoms with Crippen molar-refractivity contribution in [2.45, 2.75) is 27.2 Å². The van der Waals surface area contributed by atoms with E-state index in [1.54, 1.807) is 0 Å². The zero-order valence-electron chi connectivity index (χ0n) is 7.60. The van der Waals surface area contributed by atoms with Crippen molar-refractivity contribution in [1.82, 2.24) is 10.9 Å². The van der Waals surface area contributed by atoms with E-state index in [1.807, 2.05) is 13.8 Å². The fourth-order valence-electron chi connectivity index (χ4n) is 1.15. The molecule has 1 aliphatic carbocycles. The average molecular weight is 170 g/mol. The van der Waals surface area contributed by atoms with E-state index in [2.05, 4.69) is 10.9 Å². The van der Waals surface area contributed by atoms with Crippen LogP contribution in [0, 0.1) is 11.3 Å². The lowest BCUT2D eigenvalue weighted by Gasteiger charge is -2.05. The van der Waals surface area contributed by atoms with Crippen LogP contribution in [-0.2, 0) is 9.59 Å². The highest BCUT2D eigenvalue weighted by Crippen LogP contribution is 2.51. The van der Waals surface area contributed by atoms with Crippen molar-refractivity contribution in [2.24, 2.45) is 11.3 Å². The molecule has 1 aliphatic rings. The fourth-order valence-corrected chi connectivity index (χ4v) is 1.15. The molecule has 0 saturated heterocycles. The van der Waals surface area contributed by atoms with Gasteiger partial charge in [0.25, 0.3) is 0 Å². The van der Waals surface area contributed by atoms with E-state index >= 15 is 0 Å². The Balaban J connectivity index is 2.27. The number of carbonyl (C=O) groups is 2. The van der Waals surface area contributed by atoms with Crippen LogP contribution in [0.2, 0.25) is 0 Å². The molecule has 0 heterocycles.